The third-order valence-electron chi connectivity index (χ3n) is 2.78. The summed E-state index contributed by atoms with van der Waals surface area (Å²) >= 11 is 0. The molecule has 0 saturated heterocycles. The van der Waals surface area contributed by atoms with E-state index in [0.717, 1.165) is 5.69 Å². The van der Waals surface area contributed by atoms with Gasteiger partial charge in [-0.3, -0.25) is 0 Å². The summed E-state index contributed by atoms with van der Waals surface area (Å²) in [6.45, 7) is 0.328. The summed E-state index contributed by atoms with van der Waals surface area (Å²) in [5.74, 6) is 0.150. The van der Waals surface area contributed by atoms with Gasteiger partial charge in [0.1, 0.15) is 11.5 Å². The Morgan fingerprint density at radius 3 is 2.45 bits per heavy atom. The molecule has 1 heterocycles. The highest BCUT2D eigenvalue weighted by Gasteiger charge is 2.13. The standard InChI is InChI=1S/C14H15NO5/c1-18-11-5-10(6-12(7-11)19-2)15-8-9-3-4-20-13(9)14(16)17/h3-7,15H,8H2,1-2H3,(H,16,17). The molecule has 1 aromatic heterocycles. The predicted molar refractivity (Wildman–Crippen MR) is 72.5 cm³/mol. The molecule has 0 atom stereocenters. The van der Waals surface area contributed by atoms with Crippen LogP contribution < -0.4 is 14.8 Å². The predicted octanol–water partition coefficient (Wildman–Crippen LogP) is 2.61. The molecule has 2 aromatic rings. The van der Waals surface area contributed by atoms with E-state index in [4.69, 9.17) is 19.0 Å². The van der Waals surface area contributed by atoms with E-state index in [9.17, 15) is 4.79 Å². The highest BCUT2D eigenvalue weighted by molar-refractivity contribution is 5.86. The molecular weight excluding hydrogens is 262 g/mol. The average Bonchev–Trinajstić information content (AvgIpc) is 2.93. The highest BCUT2D eigenvalue weighted by Crippen LogP contribution is 2.26. The molecule has 6 nitrogen and oxygen atoms in total. The molecule has 0 radical (unpaired) electrons. The number of rotatable bonds is 6. The van der Waals surface area contributed by atoms with Crippen LogP contribution >= 0.6 is 0 Å². The Hall–Kier alpha value is -2.63. The summed E-state index contributed by atoms with van der Waals surface area (Å²) in [4.78, 5) is 10.9. The number of benzene rings is 1. The maximum absolute atomic E-state index is 10.9. The van der Waals surface area contributed by atoms with E-state index in [-0.39, 0.29) is 5.76 Å². The normalized spacial score (nSPS) is 10.1. The van der Waals surface area contributed by atoms with Gasteiger partial charge in [-0.05, 0) is 6.07 Å². The van der Waals surface area contributed by atoms with Gasteiger partial charge in [0.25, 0.3) is 0 Å². The Kier molecular flexibility index (Phi) is 4.14. The minimum absolute atomic E-state index is 0.0626. The summed E-state index contributed by atoms with van der Waals surface area (Å²) < 4.78 is 15.2. The van der Waals surface area contributed by atoms with Crippen LogP contribution in [0.15, 0.2) is 34.9 Å². The van der Waals surface area contributed by atoms with E-state index in [1.54, 1.807) is 38.5 Å². The molecule has 1 aromatic carbocycles. The van der Waals surface area contributed by atoms with Crippen LogP contribution in [0.25, 0.3) is 0 Å². The first-order valence-electron chi connectivity index (χ1n) is 5.90. The molecule has 2 N–H and O–H groups in total. The van der Waals surface area contributed by atoms with Crippen LogP contribution in [-0.2, 0) is 6.54 Å². The summed E-state index contributed by atoms with van der Waals surface area (Å²) in [7, 11) is 3.13. The first-order chi connectivity index (χ1) is 9.63. The number of carbonyl (C=O) groups is 1. The second kappa shape index (κ2) is 6.01. The van der Waals surface area contributed by atoms with Crippen LogP contribution in [0.5, 0.6) is 11.5 Å². The molecule has 0 saturated carbocycles. The fourth-order valence-electron chi connectivity index (χ4n) is 1.77. The van der Waals surface area contributed by atoms with Crippen molar-refractivity contribution in [2.45, 2.75) is 6.54 Å². The van der Waals surface area contributed by atoms with Gasteiger partial charge in [0.05, 0.1) is 20.5 Å². The number of hydrogen-bond acceptors (Lipinski definition) is 5. The van der Waals surface area contributed by atoms with Crippen molar-refractivity contribution in [2.24, 2.45) is 0 Å². The number of nitrogens with one attached hydrogen (secondary N) is 1. The first kappa shape index (κ1) is 13.8. The van der Waals surface area contributed by atoms with Crippen LogP contribution in [-0.4, -0.2) is 25.3 Å². The van der Waals surface area contributed by atoms with Gasteiger partial charge in [-0.25, -0.2) is 4.79 Å². The van der Waals surface area contributed by atoms with Crippen molar-refractivity contribution in [2.75, 3.05) is 19.5 Å². The second-order valence-electron chi connectivity index (χ2n) is 4.04. The molecule has 0 aliphatic carbocycles. The van der Waals surface area contributed by atoms with Gasteiger partial charge in [0, 0.05) is 36.0 Å². The number of methoxy groups -OCH3 is 2. The third-order valence-corrected chi connectivity index (χ3v) is 2.78. The number of furan rings is 1. The van der Waals surface area contributed by atoms with Gasteiger partial charge < -0.3 is 24.3 Å². The molecule has 0 amide bonds. The lowest BCUT2D eigenvalue weighted by Crippen LogP contribution is -2.05. The zero-order chi connectivity index (χ0) is 14.5. The maximum Gasteiger partial charge on any atom is 0.372 e. The Balaban J connectivity index is 2.14. The van der Waals surface area contributed by atoms with Gasteiger partial charge in [0.15, 0.2) is 0 Å². The number of ether oxygens (including phenoxy) is 2. The van der Waals surface area contributed by atoms with Crippen molar-refractivity contribution in [3.63, 3.8) is 0 Å². The van der Waals surface area contributed by atoms with E-state index in [2.05, 4.69) is 5.32 Å². The third kappa shape index (κ3) is 3.03. The summed E-state index contributed by atoms with van der Waals surface area (Å²) in [6.07, 6.45) is 1.35. The number of carboxylic acids is 1. The fourth-order valence-corrected chi connectivity index (χ4v) is 1.77. The van der Waals surface area contributed by atoms with E-state index in [1.807, 2.05) is 0 Å². The topological polar surface area (TPSA) is 80.9 Å². The summed E-state index contributed by atoms with van der Waals surface area (Å²) in [5.41, 5.74) is 1.33. The molecule has 20 heavy (non-hydrogen) atoms. The molecule has 6 heteroatoms. The molecule has 0 bridgehead atoms. The minimum atomic E-state index is -1.09. The number of aromatic carboxylic acids is 1. The van der Waals surface area contributed by atoms with Crippen molar-refractivity contribution < 1.29 is 23.8 Å². The van der Waals surface area contributed by atoms with Gasteiger partial charge >= 0.3 is 5.97 Å². The largest absolute Gasteiger partial charge is 0.497 e. The Morgan fingerprint density at radius 2 is 1.90 bits per heavy atom. The van der Waals surface area contributed by atoms with Crippen molar-refractivity contribution in [1.82, 2.24) is 0 Å². The van der Waals surface area contributed by atoms with Gasteiger partial charge in [-0.2, -0.15) is 0 Å². The zero-order valence-corrected chi connectivity index (χ0v) is 11.2. The molecule has 0 unspecified atom stereocenters. The number of hydrogen-bond donors (Lipinski definition) is 2. The smallest absolute Gasteiger partial charge is 0.372 e. The molecule has 0 fully saturated rings. The van der Waals surface area contributed by atoms with Crippen molar-refractivity contribution in [1.29, 1.82) is 0 Å². The Bertz CT molecular complexity index is 583. The molecule has 2 rings (SSSR count). The first-order valence-corrected chi connectivity index (χ1v) is 5.90. The van der Waals surface area contributed by atoms with E-state index < -0.39 is 5.97 Å². The van der Waals surface area contributed by atoms with Gasteiger partial charge in [0.2, 0.25) is 5.76 Å². The number of anilines is 1. The van der Waals surface area contributed by atoms with Crippen LogP contribution in [0.4, 0.5) is 5.69 Å². The average molecular weight is 277 g/mol. The van der Waals surface area contributed by atoms with Gasteiger partial charge in [-0.15, -0.1) is 0 Å². The molecule has 0 spiro atoms. The SMILES string of the molecule is COc1cc(NCc2ccoc2C(=O)O)cc(OC)c1. The summed E-state index contributed by atoms with van der Waals surface area (Å²) in [5, 5.41) is 12.1. The Labute approximate surface area is 115 Å². The quantitative estimate of drug-likeness (QED) is 0.844. The fraction of sp³-hybridized carbons (Fsp3) is 0.214. The van der Waals surface area contributed by atoms with E-state index in [1.165, 1.54) is 6.26 Å². The monoisotopic (exact) mass is 277 g/mol. The molecular formula is C14H15NO5. The number of carboxylic acid groups (broad SMARTS) is 1. The van der Waals surface area contributed by atoms with Gasteiger partial charge in [-0.1, -0.05) is 0 Å². The van der Waals surface area contributed by atoms with Crippen LogP contribution in [0.3, 0.4) is 0 Å². The van der Waals surface area contributed by atoms with Crippen molar-refractivity contribution >= 4 is 11.7 Å². The Morgan fingerprint density at radius 1 is 1.25 bits per heavy atom. The highest BCUT2D eigenvalue weighted by atomic mass is 16.5. The molecule has 0 aliphatic heterocycles. The van der Waals surface area contributed by atoms with Crippen molar-refractivity contribution in [3.05, 3.63) is 41.9 Å². The van der Waals surface area contributed by atoms with E-state index >= 15 is 0 Å². The molecule has 0 aliphatic rings. The summed E-state index contributed by atoms with van der Waals surface area (Å²) in [6, 6.07) is 6.96. The maximum atomic E-state index is 10.9. The zero-order valence-electron chi connectivity index (χ0n) is 11.2. The van der Waals surface area contributed by atoms with E-state index in [0.29, 0.717) is 23.6 Å². The van der Waals surface area contributed by atoms with Crippen molar-refractivity contribution in [3.8, 4) is 11.5 Å². The minimum Gasteiger partial charge on any atom is -0.497 e. The van der Waals surface area contributed by atoms with Crippen LogP contribution in [0.2, 0.25) is 0 Å². The lowest BCUT2D eigenvalue weighted by Gasteiger charge is -2.10. The van der Waals surface area contributed by atoms with Crippen LogP contribution in [0, 0.1) is 0 Å². The lowest BCUT2D eigenvalue weighted by atomic mass is 10.2. The lowest BCUT2D eigenvalue weighted by molar-refractivity contribution is 0.0661. The van der Waals surface area contributed by atoms with Crippen LogP contribution in [0.1, 0.15) is 16.1 Å². The second-order valence-corrected chi connectivity index (χ2v) is 4.04. The molecule has 106 valence electrons.